The first-order valence-electron chi connectivity index (χ1n) is 8.70. The van der Waals surface area contributed by atoms with Gasteiger partial charge in [-0.05, 0) is 44.4 Å². The fourth-order valence-electron chi connectivity index (χ4n) is 3.85. The van der Waals surface area contributed by atoms with Crippen molar-refractivity contribution in [1.29, 1.82) is 0 Å². The molecular formula is C18H34O3. The van der Waals surface area contributed by atoms with Crippen LogP contribution in [0.4, 0.5) is 0 Å². The van der Waals surface area contributed by atoms with Gasteiger partial charge >= 0.3 is 0 Å². The third-order valence-electron chi connectivity index (χ3n) is 6.45. The van der Waals surface area contributed by atoms with E-state index in [0.29, 0.717) is 35.7 Å². The van der Waals surface area contributed by atoms with Gasteiger partial charge in [-0.2, -0.15) is 0 Å². The SMILES string of the molecule is CC1OC(OC2C(C)OC(C)C(C)C2C)C(C)C(C)C1C. The average Bonchev–Trinajstić information content (AvgIpc) is 2.44. The topological polar surface area (TPSA) is 27.7 Å². The monoisotopic (exact) mass is 298 g/mol. The van der Waals surface area contributed by atoms with Gasteiger partial charge in [0.1, 0.15) is 0 Å². The molecule has 0 N–H and O–H groups in total. The van der Waals surface area contributed by atoms with E-state index in [2.05, 4.69) is 55.4 Å². The summed E-state index contributed by atoms with van der Waals surface area (Å²) in [6.07, 6.45) is 0.707. The van der Waals surface area contributed by atoms with Crippen molar-refractivity contribution in [2.75, 3.05) is 0 Å². The third-order valence-corrected chi connectivity index (χ3v) is 6.45. The minimum atomic E-state index is -0.106. The molecule has 2 heterocycles. The molecule has 2 aliphatic rings. The van der Waals surface area contributed by atoms with E-state index in [-0.39, 0.29) is 24.6 Å². The van der Waals surface area contributed by atoms with Gasteiger partial charge in [0.15, 0.2) is 6.29 Å². The quantitative estimate of drug-likeness (QED) is 0.768. The largest absolute Gasteiger partial charge is 0.373 e. The Morgan fingerprint density at radius 2 is 1.05 bits per heavy atom. The maximum atomic E-state index is 6.43. The molecule has 124 valence electrons. The highest BCUT2D eigenvalue weighted by Crippen LogP contribution is 2.39. The summed E-state index contributed by atoms with van der Waals surface area (Å²) in [4.78, 5) is 0. The second-order valence-corrected chi connectivity index (χ2v) is 7.65. The van der Waals surface area contributed by atoms with Gasteiger partial charge in [-0.15, -0.1) is 0 Å². The number of ether oxygens (including phenoxy) is 3. The molecule has 0 aromatic heterocycles. The van der Waals surface area contributed by atoms with Gasteiger partial charge in [-0.3, -0.25) is 0 Å². The molecule has 10 atom stereocenters. The van der Waals surface area contributed by atoms with Crippen molar-refractivity contribution >= 4 is 0 Å². The fraction of sp³-hybridized carbons (Fsp3) is 1.00. The zero-order valence-corrected chi connectivity index (χ0v) is 15.0. The van der Waals surface area contributed by atoms with Gasteiger partial charge in [0.2, 0.25) is 0 Å². The van der Waals surface area contributed by atoms with Crippen LogP contribution in [0.1, 0.15) is 55.4 Å². The van der Waals surface area contributed by atoms with Crippen LogP contribution >= 0.6 is 0 Å². The predicted molar refractivity (Wildman–Crippen MR) is 85.0 cm³/mol. The Bertz CT molecular complexity index is 345. The van der Waals surface area contributed by atoms with E-state index in [1.54, 1.807) is 0 Å². The number of rotatable bonds is 2. The van der Waals surface area contributed by atoms with Crippen LogP contribution in [0.2, 0.25) is 0 Å². The second kappa shape index (κ2) is 6.55. The van der Waals surface area contributed by atoms with E-state index >= 15 is 0 Å². The lowest BCUT2D eigenvalue weighted by molar-refractivity contribution is -0.294. The average molecular weight is 298 g/mol. The lowest BCUT2D eigenvalue weighted by atomic mass is 9.79. The van der Waals surface area contributed by atoms with E-state index < -0.39 is 0 Å². The molecule has 0 bridgehead atoms. The maximum absolute atomic E-state index is 6.43. The van der Waals surface area contributed by atoms with Crippen molar-refractivity contribution in [2.24, 2.45) is 29.6 Å². The molecule has 3 nitrogen and oxygen atoms in total. The molecule has 2 rings (SSSR count). The molecule has 3 heteroatoms. The molecule has 0 spiro atoms. The fourth-order valence-corrected chi connectivity index (χ4v) is 3.85. The highest BCUT2D eigenvalue weighted by molar-refractivity contribution is 4.88. The molecule has 21 heavy (non-hydrogen) atoms. The van der Waals surface area contributed by atoms with Crippen molar-refractivity contribution < 1.29 is 14.2 Å². The van der Waals surface area contributed by atoms with Crippen molar-refractivity contribution in [3.63, 3.8) is 0 Å². The Kier molecular flexibility index (Phi) is 5.38. The first kappa shape index (κ1) is 17.2. The molecule has 0 aromatic rings. The minimum absolute atomic E-state index is 0.106. The Morgan fingerprint density at radius 1 is 0.524 bits per heavy atom. The Balaban J connectivity index is 2.06. The van der Waals surface area contributed by atoms with Crippen molar-refractivity contribution in [3.8, 4) is 0 Å². The smallest absolute Gasteiger partial charge is 0.161 e. The summed E-state index contributed by atoms with van der Waals surface area (Å²) >= 11 is 0. The molecule has 0 saturated carbocycles. The molecule has 0 radical (unpaired) electrons. The van der Waals surface area contributed by atoms with Crippen LogP contribution in [0.3, 0.4) is 0 Å². The first-order chi connectivity index (χ1) is 9.73. The standard InChI is InChI=1S/C18H34O3/c1-9-10(2)15(7)20-18(13(9)5)21-17-12(4)11(3)14(6)19-16(17)8/h9-18H,1-8H3. The maximum Gasteiger partial charge on any atom is 0.161 e. The zero-order chi connectivity index (χ0) is 15.9. The summed E-state index contributed by atoms with van der Waals surface area (Å²) in [5, 5.41) is 0. The lowest BCUT2D eigenvalue weighted by Gasteiger charge is -2.47. The van der Waals surface area contributed by atoms with Gasteiger partial charge in [0.25, 0.3) is 0 Å². The third kappa shape index (κ3) is 3.30. The summed E-state index contributed by atoms with van der Waals surface area (Å²) in [6, 6.07) is 0. The molecular weight excluding hydrogens is 264 g/mol. The van der Waals surface area contributed by atoms with Crippen LogP contribution in [0.5, 0.6) is 0 Å². The second-order valence-electron chi connectivity index (χ2n) is 7.65. The summed E-state index contributed by atoms with van der Waals surface area (Å²) in [5.41, 5.74) is 0. The molecule has 2 aliphatic heterocycles. The summed E-state index contributed by atoms with van der Waals surface area (Å²) in [7, 11) is 0. The molecule has 0 aliphatic carbocycles. The van der Waals surface area contributed by atoms with E-state index in [9.17, 15) is 0 Å². The molecule has 2 saturated heterocycles. The lowest BCUT2D eigenvalue weighted by Crippen LogP contribution is -2.53. The Hall–Kier alpha value is -0.120. The van der Waals surface area contributed by atoms with Crippen molar-refractivity contribution in [1.82, 2.24) is 0 Å². The van der Waals surface area contributed by atoms with Gasteiger partial charge in [0, 0.05) is 5.92 Å². The highest BCUT2D eigenvalue weighted by Gasteiger charge is 2.43. The summed E-state index contributed by atoms with van der Waals surface area (Å²) in [6.45, 7) is 17.9. The van der Waals surface area contributed by atoms with Gasteiger partial charge in [-0.25, -0.2) is 0 Å². The normalized spacial score (nSPS) is 55.4. The van der Waals surface area contributed by atoms with Crippen LogP contribution in [-0.2, 0) is 14.2 Å². The van der Waals surface area contributed by atoms with Crippen LogP contribution in [0.25, 0.3) is 0 Å². The van der Waals surface area contributed by atoms with Crippen molar-refractivity contribution in [3.05, 3.63) is 0 Å². The van der Waals surface area contributed by atoms with Crippen LogP contribution in [-0.4, -0.2) is 30.7 Å². The zero-order valence-electron chi connectivity index (χ0n) is 15.0. The Labute approximate surface area is 130 Å². The molecule has 0 aromatic carbocycles. The van der Waals surface area contributed by atoms with Crippen LogP contribution in [0.15, 0.2) is 0 Å². The number of hydrogen-bond donors (Lipinski definition) is 0. The summed E-state index contributed by atoms with van der Waals surface area (Å²) < 4.78 is 18.6. The van der Waals surface area contributed by atoms with E-state index in [1.165, 1.54) is 0 Å². The van der Waals surface area contributed by atoms with Crippen molar-refractivity contribution in [2.45, 2.75) is 86.1 Å². The molecule has 10 unspecified atom stereocenters. The van der Waals surface area contributed by atoms with Crippen LogP contribution in [0, 0.1) is 29.6 Å². The minimum Gasteiger partial charge on any atom is -0.373 e. The first-order valence-corrected chi connectivity index (χ1v) is 8.70. The van der Waals surface area contributed by atoms with E-state index in [4.69, 9.17) is 14.2 Å². The summed E-state index contributed by atoms with van der Waals surface area (Å²) in [5.74, 6) is 2.62. The van der Waals surface area contributed by atoms with Crippen LogP contribution < -0.4 is 0 Å². The predicted octanol–water partition coefficient (Wildman–Crippen LogP) is 4.10. The highest BCUT2D eigenvalue weighted by atomic mass is 16.7. The van der Waals surface area contributed by atoms with E-state index in [0.717, 1.165) is 0 Å². The van der Waals surface area contributed by atoms with Gasteiger partial charge < -0.3 is 14.2 Å². The Morgan fingerprint density at radius 3 is 1.67 bits per heavy atom. The van der Waals surface area contributed by atoms with E-state index in [1.807, 2.05) is 0 Å². The number of hydrogen-bond acceptors (Lipinski definition) is 3. The van der Waals surface area contributed by atoms with Gasteiger partial charge in [-0.1, -0.05) is 34.6 Å². The van der Waals surface area contributed by atoms with Gasteiger partial charge in [0.05, 0.1) is 24.4 Å². The molecule has 0 amide bonds. The molecule has 2 fully saturated rings.